The zero-order valence-electron chi connectivity index (χ0n) is 12.7. The van der Waals surface area contributed by atoms with E-state index in [4.69, 9.17) is 9.84 Å². The SMILES string of the molecule is O=C(CCc1ccc(C(=O)O)cc1)NCCC1CCCCO1. The lowest BCUT2D eigenvalue weighted by Gasteiger charge is -2.22. The number of hydrogen-bond acceptors (Lipinski definition) is 3. The van der Waals surface area contributed by atoms with Crippen LogP contribution in [0.3, 0.4) is 0 Å². The quantitative estimate of drug-likeness (QED) is 0.811. The first-order chi connectivity index (χ1) is 10.6. The summed E-state index contributed by atoms with van der Waals surface area (Å²) in [6, 6.07) is 6.64. The molecule has 1 aromatic rings. The molecule has 2 N–H and O–H groups in total. The largest absolute Gasteiger partial charge is 0.478 e. The lowest BCUT2D eigenvalue weighted by atomic mass is 10.1. The number of carboxylic acid groups (broad SMARTS) is 1. The summed E-state index contributed by atoms with van der Waals surface area (Å²) in [5, 5.41) is 11.7. The molecule has 0 radical (unpaired) electrons. The van der Waals surface area contributed by atoms with E-state index in [1.807, 2.05) is 0 Å². The van der Waals surface area contributed by atoms with Crippen molar-refractivity contribution in [1.29, 1.82) is 0 Å². The van der Waals surface area contributed by atoms with E-state index in [0.717, 1.165) is 31.4 Å². The molecule has 120 valence electrons. The molecule has 1 fully saturated rings. The van der Waals surface area contributed by atoms with Crippen LogP contribution in [0.5, 0.6) is 0 Å². The van der Waals surface area contributed by atoms with Crippen LogP contribution in [0, 0.1) is 0 Å². The third-order valence-electron chi connectivity index (χ3n) is 3.90. The second-order valence-corrected chi connectivity index (χ2v) is 5.63. The predicted molar refractivity (Wildman–Crippen MR) is 82.9 cm³/mol. The number of carbonyl (C=O) groups is 2. The molecular weight excluding hydrogens is 282 g/mol. The van der Waals surface area contributed by atoms with Gasteiger partial charge in [0.25, 0.3) is 0 Å². The van der Waals surface area contributed by atoms with E-state index in [0.29, 0.717) is 19.4 Å². The van der Waals surface area contributed by atoms with Crippen molar-refractivity contribution >= 4 is 11.9 Å². The fourth-order valence-corrected chi connectivity index (χ4v) is 2.57. The second kappa shape index (κ2) is 8.54. The maximum atomic E-state index is 11.8. The molecule has 2 rings (SSSR count). The van der Waals surface area contributed by atoms with Crippen molar-refractivity contribution < 1.29 is 19.4 Å². The first-order valence-corrected chi connectivity index (χ1v) is 7.85. The normalized spacial score (nSPS) is 17.9. The molecule has 1 atom stereocenters. The minimum Gasteiger partial charge on any atom is -0.478 e. The van der Waals surface area contributed by atoms with E-state index in [9.17, 15) is 9.59 Å². The third kappa shape index (κ3) is 5.48. The molecule has 1 heterocycles. The summed E-state index contributed by atoms with van der Waals surface area (Å²) in [6.07, 6.45) is 5.64. The summed E-state index contributed by atoms with van der Waals surface area (Å²) in [4.78, 5) is 22.5. The van der Waals surface area contributed by atoms with Crippen molar-refractivity contribution in [1.82, 2.24) is 5.32 Å². The highest BCUT2D eigenvalue weighted by atomic mass is 16.5. The summed E-state index contributed by atoms with van der Waals surface area (Å²) >= 11 is 0. The Labute approximate surface area is 130 Å². The molecule has 1 unspecified atom stereocenters. The first kappa shape index (κ1) is 16.5. The molecule has 0 spiro atoms. The Morgan fingerprint density at radius 1 is 1.23 bits per heavy atom. The van der Waals surface area contributed by atoms with Crippen LogP contribution < -0.4 is 5.32 Å². The van der Waals surface area contributed by atoms with Gasteiger partial charge in [0.2, 0.25) is 5.91 Å². The molecular formula is C17H23NO4. The van der Waals surface area contributed by atoms with Crippen LogP contribution in [0.15, 0.2) is 24.3 Å². The molecule has 1 aliphatic heterocycles. The minimum absolute atomic E-state index is 0.0260. The molecule has 1 aromatic carbocycles. The fraction of sp³-hybridized carbons (Fsp3) is 0.529. The average molecular weight is 305 g/mol. The topological polar surface area (TPSA) is 75.6 Å². The fourth-order valence-electron chi connectivity index (χ4n) is 2.57. The number of carboxylic acids is 1. The molecule has 1 amide bonds. The van der Waals surface area contributed by atoms with Gasteiger partial charge in [-0.15, -0.1) is 0 Å². The van der Waals surface area contributed by atoms with Gasteiger partial charge in [0, 0.05) is 19.6 Å². The molecule has 0 saturated carbocycles. The van der Waals surface area contributed by atoms with Gasteiger partial charge in [0.15, 0.2) is 0 Å². The standard InChI is InChI=1S/C17H23NO4/c19-16(18-11-10-15-3-1-2-12-22-15)9-6-13-4-7-14(8-5-13)17(20)21/h4-5,7-8,15H,1-3,6,9-12H2,(H,18,19)(H,20,21). The lowest BCUT2D eigenvalue weighted by molar-refractivity contribution is -0.121. The Kier molecular flexibility index (Phi) is 6.40. The number of rotatable bonds is 7. The van der Waals surface area contributed by atoms with Gasteiger partial charge in [-0.25, -0.2) is 4.79 Å². The minimum atomic E-state index is -0.936. The van der Waals surface area contributed by atoms with Crippen molar-refractivity contribution in [3.63, 3.8) is 0 Å². The Morgan fingerprint density at radius 2 is 2.00 bits per heavy atom. The van der Waals surface area contributed by atoms with Gasteiger partial charge < -0.3 is 15.2 Å². The van der Waals surface area contributed by atoms with Gasteiger partial charge in [-0.2, -0.15) is 0 Å². The number of ether oxygens (including phenoxy) is 1. The zero-order chi connectivity index (χ0) is 15.8. The maximum Gasteiger partial charge on any atom is 0.335 e. The number of aromatic carboxylic acids is 1. The van der Waals surface area contributed by atoms with Crippen molar-refractivity contribution in [2.24, 2.45) is 0 Å². The molecule has 1 saturated heterocycles. The summed E-state index contributed by atoms with van der Waals surface area (Å²) in [6.45, 7) is 1.49. The number of amides is 1. The van der Waals surface area contributed by atoms with Gasteiger partial charge in [-0.1, -0.05) is 12.1 Å². The molecule has 5 nitrogen and oxygen atoms in total. The Balaban J connectivity index is 1.63. The van der Waals surface area contributed by atoms with Crippen LogP contribution in [-0.2, 0) is 16.0 Å². The Bertz CT molecular complexity index is 492. The monoisotopic (exact) mass is 305 g/mol. The highest BCUT2D eigenvalue weighted by Gasteiger charge is 2.13. The Hall–Kier alpha value is -1.88. The summed E-state index contributed by atoms with van der Waals surface area (Å²) < 4.78 is 5.62. The van der Waals surface area contributed by atoms with Crippen molar-refractivity contribution in [2.45, 2.75) is 44.6 Å². The highest BCUT2D eigenvalue weighted by molar-refractivity contribution is 5.87. The van der Waals surface area contributed by atoms with E-state index in [1.54, 1.807) is 24.3 Å². The van der Waals surface area contributed by atoms with Gasteiger partial charge in [0.1, 0.15) is 0 Å². The van der Waals surface area contributed by atoms with Crippen molar-refractivity contribution in [2.75, 3.05) is 13.2 Å². The van der Waals surface area contributed by atoms with E-state index < -0.39 is 5.97 Å². The molecule has 0 aliphatic carbocycles. The van der Waals surface area contributed by atoms with Crippen LogP contribution in [0.25, 0.3) is 0 Å². The Morgan fingerprint density at radius 3 is 2.64 bits per heavy atom. The van der Waals surface area contributed by atoms with Gasteiger partial charge >= 0.3 is 5.97 Å². The summed E-state index contributed by atoms with van der Waals surface area (Å²) in [5.74, 6) is -0.910. The number of benzene rings is 1. The lowest BCUT2D eigenvalue weighted by Crippen LogP contribution is -2.29. The second-order valence-electron chi connectivity index (χ2n) is 5.63. The molecule has 0 bridgehead atoms. The van der Waals surface area contributed by atoms with Crippen molar-refractivity contribution in [3.05, 3.63) is 35.4 Å². The van der Waals surface area contributed by atoms with E-state index in [2.05, 4.69) is 5.32 Å². The summed E-state index contributed by atoms with van der Waals surface area (Å²) in [7, 11) is 0. The molecule has 22 heavy (non-hydrogen) atoms. The molecule has 0 aromatic heterocycles. The number of aryl methyl sites for hydroxylation is 1. The first-order valence-electron chi connectivity index (χ1n) is 7.85. The van der Waals surface area contributed by atoms with Gasteiger partial charge in [0.05, 0.1) is 11.7 Å². The van der Waals surface area contributed by atoms with Crippen molar-refractivity contribution in [3.8, 4) is 0 Å². The number of carbonyl (C=O) groups excluding carboxylic acids is 1. The van der Waals surface area contributed by atoms with E-state index in [-0.39, 0.29) is 17.6 Å². The predicted octanol–water partition coefficient (Wildman–Crippen LogP) is 2.39. The third-order valence-corrected chi connectivity index (χ3v) is 3.90. The van der Waals surface area contributed by atoms with Crippen LogP contribution in [0.4, 0.5) is 0 Å². The van der Waals surface area contributed by atoms with E-state index in [1.165, 1.54) is 6.42 Å². The van der Waals surface area contributed by atoms with Crippen LogP contribution >= 0.6 is 0 Å². The maximum absolute atomic E-state index is 11.8. The number of hydrogen-bond donors (Lipinski definition) is 2. The zero-order valence-corrected chi connectivity index (χ0v) is 12.7. The van der Waals surface area contributed by atoms with Crippen LogP contribution in [0.2, 0.25) is 0 Å². The molecule has 5 heteroatoms. The van der Waals surface area contributed by atoms with Crippen LogP contribution in [-0.4, -0.2) is 36.2 Å². The van der Waals surface area contributed by atoms with E-state index >= 15 is 0 Å². The smallest absolute Gasteiger partial charge is 0.335 e. The average Bonchev–Trinajstić information content (AvgIpc) is 2.54. The number of nitrogens with one attached hydrogen (secondary N) is 1. The molecule has 1 aliphatic rings. The van der Waals surface area contributed by atoms with Gasteiger partial charge in [-0.05, 0) is 49.8 Å². The highest BCUT2D eigenvalue weighted by Crippen LogP contribution is 2.14. The van der Waals surface area contributed by atoms with Gasteiger partial charge in [-0.3, -0.25) is 4.79 Å². The van der Waals surface area contributed by atoms with Crippen LogP contribution in [0.1, 0.15) is 48.0 Å². The summed E-state index contributed by atoms with van der Waals surface area (Å²) in [5.41, 5.74) is 1.23.